The summed E-state index contributed by atoms with van der Waals surface area (Å²) >= 11 is 0. The average molecular weight is 1040 g/mol. The number of hydrogen-bond donors (Lipinski definition) is 0. The highest BCUT2D eigenvalue weighted by molar-refractivity contribution is 6.16. The zero-order chi connectivity index (χ0) is 53.4. The SMILES string of the molecule is c1ccc(-c2cccc(-n3c4ccccc4c4cccc(-c5nc(-c6cccc7c8ccccc8n(-c8cccc(-c9ccccn9)n8)c67)nc(-c6cccc7c8ccccc8n(-c8cccc(-c9ccccn9)n8)c67)n5)c43)n2)nc1. The standard InChI is InChI=1S/C69H42N12/c1-4-34-58-43(19-1)46-22-13-25-49(64(46)79(58)61-37-16-31-55(73-61)52-28-7-10-40-70-52)67-76-68(50-26-14-23-47-44-20-2-5-35-59(44)80(65(47)50)62-38-17-32-56(74-62)53-29-8-11-41-71-53)78-69(77-67)51-27-15-24-48-45-21-3-6-36-60(45)81(66(48)51)63-39-18-33-57(75-63)54-30-9-12-42-72-54/h1-42H. The van der Waals surface area contributed by atoms with Crippen molar-refractivity contribution >= 4 is 65.4 Å². The van der Waals surface area contributed by atoms with Crippen LogP contribution >= 0.6 is 0 Å². The van der Waals surface area contributed by atoms with Gasteiger partial charge in [0, 0.05) is 67.6 Å². The maximum atomic E-state index is 5.65. The van der Waals surface area contributed by atoms with Gasteiger partial charge in [0.1, 0.15) is 17.5 Å². The second-order valence-electron chi connectivity index (χ2n) is 19.8. The van der Waals surface area contributed by atoms with E-state index in [-0.39, 0.29) is 0 Å². The Morgan fingerprint density at radius 2 is 0.481 bits per heavy atom. The van der Waals surface area contributed by atoms with Crippen molar-refractivity contribution in [3.05, 3.63) is 255 Å². The first-order chi connectivity index (χ1) is 40.2. The third kappa shape index (κ3) is 7.49. The summed E-state index contributed by atoms with van der Waals surface area (Å²) in [5.74, 6) is 3.64. The van der Waals surface area contributed by atoms with Crippen molar-refractivity contribution in [1.29, 1.82) is 0 Å². The van der Waals surface area contributed by atoms with Gasteiger partial charge in [-0.15, -0.1) is 0 Å². The molecular formula is C69H42N12. The molecule has 81 heavy (non-hydrogen) atoms. The third-order valence-corrected chi connectivity index (χ3v) is 15.1. The Morgan fingerprint density at radius 1 is 0.210 bits per heavy atom. The van der Waals surface area contributed by atoms with Crippen LogP contribution in [0.1, 0.15) is 0 Å². The quantitative estimate of drug-likeness (QED) is 0.139. The van der Waals surface area contributed by atoms with E-state index in [1.807, 2.05) is 109 Å². The van der Waals surface area contributed by atoms with Crippen LogP contribution in [0.3, 0.4) is 0 Å². The van der Waals surface area contributed by atoms with Crippen molar-refractivity contribution in [2.45, 2.75) is 0 Å². The van der Waals surface area contributed by atoms with E-state index in [0.717, 1.165) is 134 Å². The van der Waals surface area contributed by atoms with Gasteiger partial charge in [-0.25, -0.2) is 29.9 Å². The average Bonchev–Trinajstić information content (AvgIpc) is 4.32. The molecular weight excluding hydrogens is 997 g/mol. The van der Waals surface area contributed by atoms with Crippen molar-refractivity contribution < 1.29 is 0 Å². The normalized spacial score (nSPS) is 11.7. The molecule has 0 aliphatic rings. The zero-order valence-corrected chi connectivity index (χ0v) is 43.1. The molecule has 0 aliphatic heterocycles. The molecule has 0 fully saturated rings. The van der Waals surface area contributed by atoms with Crippen molar-refractivity contribution in [3.8, 4) is 85.8 Å². The van der Waals surface area contributed by atoms with Crippen LogP contribution in [0.2, 0.25) is 0 Å². The second kappa shape index (κ2) is 18.7. The first-order valence-corrected chi connectivity index (χ1v) is 26.7. The van der Waals surface area contributed by atoms with E-state index < -0.39 is 0 Å². The fourth-order valence-corrected chi connectivity index (χ4v) is 11.7. The van der Waals surface area contributed by atoms with E-state index >= 15 is 0 Å². The molecule has 0 bridgehead atoms. The smallest absolute Gasteiger partial charge is 0.166 e. The highest BCUT2D eigenvalue weighted by atomic mass is 15.1. The van der Waals surface area contributed by atoms with E-state index in [2.05, 4.69) is 156 Å². The van der Waals surface area contributed by atoms with Gasteiger partial charge < -0.3 is 0 Å². The number of aromatic nitrogens is 12. The Hall–Kier alpha value is -11.4. The van der Waals surface area contributed by atoms with Gasteiger partial charge in [-0.3, -0.25) is 28.7 Å². The summed E-state index contributed by atoms with van der Waals surface area (Å²) in [5, 5.41) is 6.28. The van der Waals surface area contributed by atoms with E-state index in [1.165, 1.54) is 0 Å². The molecule has 0 aliphatic carbocycles. The van der Waals surface area contributed by atoms with Gasteiger partial charge in [-0.1, -0.05) is 127 Å². The van der Waals surface area contributed by atoms with Crippen LogP contribution in [0.5, 0.6) is 0 Å². The molecule has 16 rings (SSSR count). The molecule has 0 N–H and O–H groups in total. The summed E-state index contributed by atoms with van der Waals surface area (Å²) in [5.41, 5.74) is 12.7. The predicted octanol–water partition coefficient (Wildman–Crippen LogP) is 15.5. The molecule has 0 atom stereocenters. The van der Waals surface area contributed by atoms with E-state index in [0.29, 0.717) is 17.5 Å². The highest BCUT2D eigenvalue weighted by Gasteiger charge is 2.26. The van der Waals surface area contributed by atoms with Gasteiger partial charge >= 0.3 is 0 Å². The molecule has 0 amide bonds. The maximum absolute atomic E-state index is 5.65. The molecule has 0 saturated carbocycles. The second-order valence-corrected chi connectivity index (χ2v) is 19.8. The van der Waals surface area contributed by atoms with E-state index in [9.17, 15) is 0 Å². The lowest BCUT2D eigenvalue weighted by Gasteiger charge is -2.15. The van der Waals surface area contributed by atoms with Gasteiger partial charge in [0.2, 0.25) is 0 Å². The minimum absolute atomic E-state index is 0.482. The third-order valence-electron chi connectivity index (χ3n) is 15.1. The van der Waals surface area contributed by atoms with Crippen molar-refractivity contribution in [2.75, 3.05) is 0 Å². The minimum Gasteiger partial charge on any atom is -0.293 e. The Labute approximate surface area is 462 Å². The molecule has 6 aromatic carbocycles. The van der Waals surface area contributed by atoms with Crippen LogP contribution in [0.25, 0.3) is 151 Å². The molecule has 0 radical (unpaired) electrons. The lowest BCUT2D eigenvalue weighted by atomic mass is 10.1. The van der Waals surface area contributed by atoms with Crippen molar-refractivity contribution in [1.82, 2.24) is 58.6 Å². The van der Waals surface area contributed by atoms with Crippen LogP contribution in [0.15, 0.2) is 255 Å². The van der Waals surface area contributed by atoms with Crippen LogP contribution in [0.4, 0.5) is 0 Å². The minimum atomic E-state index is 0.482. The number of nitrogens with zero attached hydrogens (tertiary/aromatic N) is 12. The number of rotatable bonds is 9. The van der Waals surface area contributed by atoms with Gasteiger partial charge in [0.15, 0.2) is 17.5 Å². The van der Waals surface area contributed by atoms with E-state index in [1.54, 1.807) is 18.6 Å². The summed E-state index contributed by atoms with van der Waals surface area (Å²) in [6.45, 7) is 0. The molecule has 0 saturated heterocycles. The zero-order valence-electron chi connectivity index (χ0n) is 43.1. The molecule has 378 valence electrons. The monoisotopic (exact) mass is 1040 g/mol. The van der Waals surface area contributed by atoms with Crippen LogP contribution in [-0.2, 0) is 0 Å². The number of para-hydroxylation sites is 6. The lowest BCUT2D eigenvalue weighted by molar-refractivity contribution is 1.05. The van der Waals surface area contributed by atoms with Crippen molar-refractivity contribution in [3.63, 3.8) is 0 Å². The molecule has 10 heterocycles. The number of fused-ring (bicyclic) bond motifs is 9. The topological polar surface area (TPSA) is 131 Å². The fraction of sp³-hybridized carbons (Fsp3) is 0. The predicted molar refractivity (Wildman–Crippen MR) is 322 cm³/mol. The van der Waals surface area contributed by atoms with E-state index in [4.69, 9.17) is 29.9 Å². The maximum Gasteiger partial charge on any atom is 0.166 e. The van der Waals surface area contributed by atoms with Crippen molar-refractivity contribution in [2.24, 2.45) is 0 Å². The Bertz CT molecular complexity index is 4600. The molecule has 0 unspecified atom stereocenters. The summed E-state index contributed by atoms with van der Waals surface area (Å²) in [6, 6.07) is 80.4. The number of benzene rings is 6. The molecule has 0 spiro atoms. The molecule has 12 heteroatoms. The first-order valence-electron chi connectivity index (χ1n) is 26.7. The summed E-state index contributed by atoms with van der Waals surface area (Å²) in [4.78, 5) is 46.9. The summed E-state index contributed by atoms with van der Waals surface area (Å²) in [6.07, 6.45) is 5.39. The lowest BCUT2D eigenvalue weighted by Crippen LogP contribution is -2.05. The molecule has 12 nitrogen and oxygen atoms in total. The summed E-state index contributed by atoms with van der Waals surface area (Å²) < 4.78 is 6.69. The van der Waals surface area contributed by atoms with Crippen LogP contribution in [-0.4, -0.2) is 58.6 Å². The molecule has 16 aromatic rings. The molecule has 10 aromatic heterocycles. The summed E-state index contributed by atoms with van der Waals surface area (Å²) in [7, 11) is 0. The first kappa shape index (κ1) is 45.8. The Kier molecular flexibility index (Phi) is 10.6. The fourth-order valence-electron chi connectivity index (χ4n) is 11.7. The Morgan fingerprint density at radius 3 is 0.790 bits per heavy atom. The Balaban J connectivity index is 1.01. The van der Waals surface area contributed by atoms with Gasteiger partial charge in [0.25, 0.3) is 0 Å². The van der Waals surface area contributed by atoms with Gasteiger partial charge in [-0.2, -0.15) is 0 Å². The van der Waals surface area contributed by atoms with Gasteiger partial charge in [0.05, 0.1) is 67.3 Å². The number of pyridine rings is 6. The van der Waals surface area contributed by atoms with Crippen LogP contribution < -0.4 is 0 Å². The highest BCUT2D eigenvalue weighted by Crippen LogP contribution is 2.43. The number of hydrogen-bond acceptors (Lipinski definition) is 9. The van der Waals surface area contributed by atoms with Crippen LogP contribution in [0, 0.1) is 0 Å². The van der Waals surface area contributed by atoms with Gasteiger partial charge in [-0.05, 0) is 109 Å². The largest absolute Gasteiger partial charge is 0.293 e.